The highest BCUT2D eigenvalue weighted by Gasteiger charge is 2.24. The molecule has 1 aliphatic rings. The second-order valence-corrected chi connectivity index (χ2v) is 7.43. The van der Waals surface area contributed by atoms with Crippen LogP contribution in [0.3, 0.4) is 0 Å². The number of ether oxygens (including phenoxy) is 1. The number of piperazine rings is 1. The number of nitrogens with one attached hydrogen (secondary N) is 2. The van der Waals surface area contributed by atoms with Crippen molar-refractivity contribution in [3.63, 3.8) is 0 Å². The molecule has 3 rings (SSSR count). The van der Waals surface area contributed by atoms with E-state index in [-0.39, 0.29) is 5.91 Å². The lowest BCUT2D eigenvalue weighted by atomic mass is 10.0. The zero-order chi connectivity index (χ0) is 19.8. The van der Waals surface area contributed by atoms with Crippen LogP contribution in [0, 0.1) is 0 Å². The van der Waals surface area contributed by atoms with Crippen LogP contribution in [-0.4, -0.2) is 51.8 Å². The van der Waals surface area contributed by atoms with Gasteiger partial charge in [-0.1, -0.05) is 49.4 Å². The number of para-hydroxylation sites is 2. The van der Waals surface area contributed by atoms with Crippen molar-refractivity contribution >= 4 is 11.6 Å². The topological polar surface area (TPSA) is 46.0 Å². The van der Waals surface area contributed by atoms with Gasteiger partial charge in [-0.15, -0.1) is 0 Å². The molecular weight excluding hydrogens is 350 g/mol. The fraction of sp³-hybridized carbons (Fsp3) is 0.435. The first kappa shape index (κ1) is 20.2. The number of quaternary nitrogens is 1. The Labute approximate surface area is 168 Å². The maximum Gasteiger partial charge on any atom is 0.275 e. The quantitative estimate of drug-likeness (QED) is 0.731. The van der Waals surface area contributed by atoms with Crippen LogP contribution >= 0.6 is 0 Å². The Morgan fingerprint density at radius 3 is 2.50 bits per heavy atom. The summed E-state index contributed by atoms with van der Waals surface area (Å²) in [7, 11) is 0. The van der Waals surface area contributed by atoms with E-state index in [1.54, 1.807) is 0 Å². The van der Waals surface area contributed by atoms with Crippen LogP contribution in [0.4, 0.5) is 5.69 Å². The van der Waals surface area contributed by atoms with Crippen molar-refractivity contribution in [2.75, 3.05) is 50.8 Å². The summed E-state index contributed by atoms with van der Waals surface area (Å²) >= 11 is 0. The van der Waals surface area contributed by atoms with Crippen molar-refractivity contribution < 1.29 is 14.4 Å². The predicted molar refractivity (Wildman–Crippen MR) is 113 cm³/mol. The van der Waals surface area contributed by atoms with E-state index < -0.39 is 0 Å². The fourth-order valence-electron chi connectivity index (χ4n) is 3.69. The summed E-state index contributed by atoms with van der Waals surface area (Å²) in [5.74, 6) is 1.41. The van der Waals surface area contributed by atoms with Crippen LogP contribution in [0.2, 0.25) is 0 Å². The first-order valence-electron chi connectivity index (χ1n) is 10.3. The summed E-state index contributed by atoms with van der Waals surface area (Å²) < 4.78 is 5.76. The second kappa shape index (κ2) is 10.1. The van der Waals surface area contributed by atoms with Crippen LogP contribution in [0.25, 0.3) is 0 Å². The maximum atomic E-state index is 12.4. The van der Waals surface area contributed by atoms with E-state index in [1.807, 2.05) is 37.3 Å². The van der Waals surface area contributed by atoms with Crippen molar-refractivity contribution in [1.82, 2.24) is 5.32 Å². The Hall–Kier alpha value is -2.53. The Morgan fingerprint density at radius 2 is 1.79 bits per heavy atom. The molecule has 5 nitrogen and oxygen atoms in total. The Bertz CT molecular complexity index is 743. The highest BCUT2D eigenvalue weighted by atomic mass is 16.5. The first-order chi connectivity index (χ1) is 13.7. The van der Waals surface area contributed by atoms with E-state index in [2.05, 4.69) is 41.4 Å². The van der Waals surface area contributed by atoms with Crippen LogP contribution in [0.15, 0.2) is 54.6 Å². The molecule has 1 fully saturated rings. The molecule has 1 atom stereocenters. The molecule has 2 aromatic rings. The van der Waals surface area contributed by atoms with E-state index in [1.165, 1.54) is 10.5 Å². The third-order valence-electron chi connectivity index (χ3n) is 5.36. The summed E-state index contributed by atoms with van der Waals surface area (Å²) in [4.78, 5) is 16.1. The molecule has 28 heavy (non-hydrogen) atoms. The molecule has 0 spiro atoms. The average molecular weight is 383 g/mol. The monoisotopic (exact) mass is 382 g/mol. The van der Waals surface area contributed by atoms with Crippen molar-refractivity contribution in [2.24, 2.45) is 0 Å². The Morgan fingerprint density at radius 1 is 1.11 bits per heavy atom. The third-order valence-corrected chi connectivity index (χ3v) is 5.36. The van der Waals surface area contributed by atoms with Gasteiger partial charge >= 0.3 is 0 Å². The van der Waals surface area contributed by atoms with Crippen molar-refractivity contribution in [1.29, 1.82) is 0 Å². The van der Waals surface area contributed by atoms with Crippen LogP contribution < -0.4 is 19.9 Å². The highest BCUT2D eigenvalue weighted by Crippen LogP contribution is 2.27. The van der Waals surface area contributed by atoms with Gasteiger partial charge in [-0.3, -0.25) is 4.79 Å². The molecule has 1 amide bonds. The van der Waals surface area contributed by atoms with Gasteiger partial charge < -0.3 is 19.9 Å². The number of hydrogen-bond acceptors (Lipinski definition) is 3. The van der Waals surface area contributed by atoms with Gasteiger partial charge in [0, 0.05) is 6.54 Å². The molecule has 0 bridgehead atoms. The van der Waals surface area contributed by atoms with Gasteiger partial charge in [0.15, 0.2) is 6.54 Å². The van der Waals surface area contributed by atoms with E-state index in [4.69, 9.17) is 4.74 Å². The van der Waals surface area contributed by atoms with Gasteiger partial charge in [0.05, 0.1) is 38.5 Å². The predicted octanol–water partition coefficient (Wildman–Crippen LogP) is 1.71. The van der Waals surface area contributed by atoms with E-state index in [0.717, 1.165) is 37.6 Å². The van der Waals surface area contributed by atoms with Crippen LogP contribution in [0.1, 0.15) is 25.3 Å². The van der Waals surface area contributed by atoms with Gasteiger partial charge in [0.1, 0.15) is 5.75 Å². The van der Waals surface area contributed by atoms with Gasteiger partial charge in [-0.05, 0) is 30.5 Å². The highest BCUT2D eigenvalue weighted by molar-refractivity contribution is 5.76. The number of hydrogen-bond donors (Lipinski definition) is 2. The lowest BCUT2D eigenvalue weighted by Gasteiger charge is -2.34. The largest absolute Gasteiger partial charge is 0.492 e. The Balaban J connectivity index is 1.43. The van der Waals surface area contributed by atoms with Gasteiger partial charge in [0.2, 0.25) is 0 Å². The van der Waals surface area contributed by atoms with Crippen molar-refractivity contribution in [2.45, 2.75) is 19.8 Å². The number of anilines is 1. The summed E-state index contributed by atoms with van der Waals surface area (Å²) in [6, 6.07) is 18.5. The lowest BCUT2D eigenvalue weighted by Crippen LogP contribution is -3.16. The molecule has 1 aliphatic heterocycles. The third kappa shape index (κ3) is 5.49. The molecule has 1 heterocycles. The number of carbonyl (C=O) groups is 1. The number of benzene rings is 2. The van der Waals surface area contributed by atoms with Gasteiger partial charge in [-0.25, -0.2) is 0 Å². The minimum absolute atomic E-state index is 0.140. The van der Waals surface area contributed by atoms with Crippen LogP contribution in [0.5, 0.6) is 5.75 Å². The summed E-state index contributed by atoms with van der Waals surface area (Å²) in [5.41, 5.74) is 2.42. The average Bonchev–Trinajstić information content (AvgIpc) is 2.74. The van der Waals surface area contributed by atoms with E-state index in [0.29, 0.717) is 25.6 Å². The smallest absolute Gasteiger partial charge is 0.275 e. The summed E-state index contributed by atoms with van der Waals surface area (Å²) in [6.45, 7) is 9.86. The Kier molecular flexibility index (Phi) is 7.31. The minimum Gasteiger partial charge on any atom is -0.492 e. The standard InChI is InChI=1S/C23H31N3O2/c1-3-28-22-12-8-7-11-21(22)26-15-13-25(14-16-26)18-23(27)24-17-19(2)20-9-5-4-6-10-20/h4-12,19H,3,13-18H2,1-2H3,(H,24,27)/p+1/t19-/m1/s1. The van der Waals surface area contributed by atoms with E-state index >= 15 is 0 Å². The van der Waals surface area contributed by atoms with Crippen molar-refractivity contribution in [3.8, 4) is 5.75 Å². The van der Waals surface area contributed by atoms with Crippen molar-refractivity contribution in [3.05, 3.63) is 60.2 Å². The number of rotatable bonds is 8. The zero-order valence-corrected chi connectivity index (χ0v) is 17.0. The van der Waals surface area contributed by atoms with Gasteiger partial charge in [0.25, 0.3) is 5.91 Å². The fourth-order valence-corrected chi connectivity index (χ4v) is 3.69. The zero-order valence-electron chi connectivity index (χ0n) is 17.0. The molecule has 0 saturated carbocycles. The number of amides is 1. The normalized spacial score (nSPS) is 15.9. The molecule has 0 radical (unpaired) electrons. The molecule has 2 N–H and O–H groups in total. The lowest BCUT2D eigenvalue weighted by molar-refractivity contribution is -0.892. The van der Waals surface area contributed by atoms with E-state index in [9.17, 15) is 4.79 Å². The first-order valence-corrected chi connectivity index (χ1v) is 10.3. The minimum atomic E-state index is 0.140. The van der Waals surface area contributed by atoms with Crippen LogP contribution in [-0.2, 0) is 4.79 Å². The SMILES string of the molecule is CCOc1ccccc1N1CC[NH+](CC(=O)NC[C@@H](C)c2ccccc2)CC1. The molecular formula is C23H32N3O2+. The summed E-state index contributed by atoms with van der Waals surface area (Å²) in [5, 5.41) is 3.10. The number of carbonyl (C=O) groups excluding carboxylic acids is 1. The molecule has 5 heteroatoms. The molecule has 150 valence electrons. The summed E-state index contributed by atoms with van der Waals surface area (Å²) in [6.07, 6.45) is 0. The second-order valence-electron chi connectivity index (χ2n) is 7.43. The van der Waals surface area contributed by atoms with Gasteiger partial charge in [-0.2, -0.15) is 0 Å². The molecule has 1 saturated heterocycles. The molecule has 2 aromatic carbocycles. The molecule has 0 aromatic heterocycles. The molecule has 0 aliphatic carbocycles. The maximum absolute atomic E-state index is 12.4. The number of nitrogens with zero attached hydrogens (tertiary/aromatic N) is 1. The molecule has 0 unspecified atom stereocenters.